The van der Waals surface area contributed by atoms with Crippen LogP contribution >= 0.6 is 11.6 Å². The molecular formula is C17H14ClN3O2. The van der Waals surface area contributed by atoms with Gasteiger partial charge in [-0.05, 0) is 36.8 Å². The highest BCUT2D eigenvalue weighted by Gasteiger charge is 2.09. The Morgan fingerprint density at radius 1 is 1.26 bits per heavy atom. The lowest BCUT2D eigenvalue weighted by atomic mass is 10.2. The fourth-order valence-corrected chi connectivity index (χ4v) is 2.47. The maximum Gasteiger partial charge on any atom is 0.261 e. The molecule has 0 atom stereocenters. The second-order valence-corrected chi connectivity index (χ2v) is 5.64. The molecule has 23 heavy (non-hydrogen) atoms. The van der Waals surface area contributed by atoms with Gasteiger partial charge in [0.15, 0.2) is 0 Å². The van der Waals surface area contributed by atoms with Gasteiger partial charge in [-0.2, -0.15) is 0 Å². The molecule has 0 bridgehead atoms. The number of nitrogens with one attached hydrogen (secondary N) is 1. The average molecular weight is 328 g/mol. The van der Waals surface area contributed by atoms with E-state index in [1.807, 2.05) is 31.2 Å². The Balaban J connectivity index is 1.87. The maximum absolute atomic E-state index is 12.4. The summed E-state index contributed by atoms with van der Waals surface area (Å²) >= 11 is 5.92. The lowest BCUT2D eigenvalue weighted by Gasteiger charge is -2.10. The molecule has 0 unspecified atom stereocenters. The summed E-state index contributed by atoms with van der Waals surface area (Å²) in [5.74, 6) is -0.287. The quantitative estimate of drug-likeness (QED) is 0.804. The summed E-state index contributed by atoms with van der Waals surface area (Å²) in [5, 5.41) is 3.64. The van der Waals surface area contributed by atoms with Crippen molar-refractivity contribution < 1.29 is 4.79 Å². The predicted molar refractivity (Wildman–Crippen MR) is 90.8 cm³/mol. The Labute approximate surface area is 137 Å². The Morgan fingerprint density at radius 3 is 2.83 bits per heavy atom. The van der Waals surface area contributed by atoms with Crippen LogP contribution < -0.4 is 10.9 Å². The molecule has 3 aromatic rings. The first-order valence-corrected chi connectivity index (χ1v) is 7.42. The van der Waals surface area contributed by atoms with Gasteiger partial charge in [0.25, 0.3) is 5.56 Å². The third-order valence-electron chi connectivity index (χ3n) is 3.52. The van der Waals surface area contributed by atoms with Crippen LogP contribution in [0.25, 0.3) is 10.9 Å². The third-order valence-corrected chi connectivity index (χ3v) is 3.75. The monoisotopic (exact) mass is 327 g/mol. The molecule has 0 aliphatic rings. The molecule has 0 saturated heterocycles. The first kappa shape index (κ1) is 15.2. The van der Waals surface area contributed by atoms with Crippen LogP contribution in [0.1, 0.15) is 5.56 Å². The minimum Gasteiger partial charge on any atom is -0.324 e. The van der Waals surface area contributed by atoms with Crippen LogP contribution in [0.15, 0.2) is 53.6 Å². The minimum atomic E-state index is -0.294. The maximum atomic E-state index is 12.4. The summed E-state index contributed by atoms with van der Waals surface area (Å²) in [6.07, 6.45) is 1.37. The van der Waals surface area contributed by atoms with Crippen LogP contribution in [0.2, 0.25) is 5.02 Å². The van der Waals surface area contributed by atoms with Gasteiger partial charge < -0.3 is 5.32 Å². The smallest absolute Gasteiger partial charge is 0.261 e. The summed E-state index contributed by atoms with van der Waals surface area (Å²) in [6, 6.07) is 12.4. The number of benzene rings is 2. The molecule has 0 radical (unpaired) electrons. The second kappa shape index (κ2) is 6.22. The number of hydrogen-bond donors (Lipinski definition) is 1. The Hall–Kier alpha value is -2.66. The number of aromatic nitrogens is 2. The molecule has 6 heteroatoms. The lowest BCUT2D eigenvalue weighted by Crippen LogP contribution is -2.28. The van der Waals surface area contributed by atoms with Crippen molar-refractivity contribution in [2.24, 2.45) is 0 Å². The fourth-order valence-electron chi connectivity index (χ4n) is 2.30. The van der Waals surface area contributed by atoms with Gasteiger partial charge in [-0.1, -0.05) is 29.8 Å². The molecule has 0 spiro atoms. The van der Waals surface area contributed by atoms with Gasteiger partial charge >= 0.3 is 0 Å². The highest BCUT2D eigenvalue weighted by atomic mass is 35.5. The molecule has 0 aliphatic heterocycles. The molecule has 0 fully saturated rings. The number of carbonyl (C=O) groups excluding carboxylic acids is 1. The largest absolute Gasteiger partial charge is 0.324 e. The van der Waals surface area contributed by atoms with E-state index in [4.69, 9.17) is 11.6 Å². The predicted octanol–water partition coefficient (Wildman–Crippen LogP) is 3.00. The topological polar surface area (TPSA) is 64.0 Å². The molecule has 0 aliphatic carbocycles. The number of carbonyl (C=O) groups is 1. The van der Waals surface area contributed by atoms with E-state index in [1.165, 1.54) is 10.9 Å². The van der Waals surface area contributed by atoms with Gasteiger partial charge in [0, 0.05) is 10.7 Å². The highest BCUT2D eigenvalue weighted by molar-refractivity contribution is 6.31. The van der Waals surface area contributed by atoms with Gasteiger partial charge in [-0.15, -0.1) is 0 Å². The van der Waals surface area contributed by atoms with E-state index in [1.54, 1.807) is 18.2 Å². The SMILES string of the molecule is Cc1ccccc1NC(=O)Cn1cnc2ccc(Cl)cc2c1=O. The number of amides is 1. The van der Waals surface area contributed by atoms with Gasteiger partial charge in [-0.25, -0.2) is 4.98 Å². The van der Waals surface area contributed by atoms with Crippen molar-refractivity contribution in [1.29, 1.82) is 0 Å². The number of hydrogen-bond acceptors (Lipinski definition) is 3. The average Bonchev–Trinajstić information content (AvgIpc) is 2.53. The molecule has 2 aromatic carbocycles. The zero-order chi connectivity index (χ0) is 16.4. The van der Waals surface area contributed by atoms with Crippen molar-refractivity contribution >= 4 is 34.1 Å². The van der Waals surface area contributed by atoms with Crippen molar-refractivity contribution in [2.75, 3.05) is 5.32 Å². The van der Waals surface area contributed by atoms with Crippen LogP contribution in [0.4, 0.5) is 5.69 Å². The van der Waals surface area contributed by atoms with E-state index in [0.717, 1.165) is 11.3 Å². The van der Waals surface area contributed by atoms with E-state index in [9.17, 15) is 9.59 Å². The number of fused-ring (bicyclic) bond motifs is 1. The number of para-hydroxylation sites is 1. The highest BCUT2D eigenvalue weighted by Crippen LogP contribution is 2.15. The normalized spacial score (nSPS) is 10.7. The first-order chi connectivity index (χ1) is 11.0. The summed E-state index contributed by atoms with van der Waals surface area (Å²) in [6.45, 7) is 1.80. The number of anilines is 1. The molecule has 1 heterocycles. The molecule has 3 rings (SSSR count). The van der Waals surface area contributed by atoms with Crippen LogP contribution in [-0.2, 0) is 11.3 Å². The van der Waals surface area contributed by atoms with Gasteiger partial charge in [-0.3, -0.25) is 14.2 Å². The number of halogens is 1. The van der Waals surface area contributed by atoms with Crippen LogP contribution in [0.3, 0.4) is 0 Å². The third kappa shape index (κ3) is 3.24. The molecule has 1 amide bonds. The van der Waals surface area contributed by atoms with Gasteiger partial charge in [0.2, 0.25) is 5.91 Å². The van der Waals surface area contributed by atoms with E-state index >= 15 is 0 Å². The summed E-state index contributed by atoms with van der Waals surface area (Å²) in [5.41, 5.74) is 1.94. The molecule has 0 saturated carbocycles. The Kier molecular flexibility index (Phi) is 4.12. The number of nitrogens with zero attached hydrogens (tertiary/aromatic N) is 2. The van der Waals surface area contributed by atoms with Crippen molar-refractivity contribution in [3.05, 3.63) is 69.7 Å². The van der Waals surface area contributed by atoms with E-state index in [0.29, 0.717) is 15.9 Å². The van der Waals surface area contributed by atoms with Crippen molar-refractivity contribution in [2.45, 2.75) is 13.5 Å². The van der Waals surface area contributed by atoms with E-state index < -0.39 is 0 Å². The molecular weight excluding hydrogens is 314 g/mol. The molecule has 116 valence electrons. The van der Waals surface area contributed by atoms with Gasteiger partial charge in [0.05, 0.1) is 17.2 Å². The Bertz CT molecular complexity index is 950. The van der Waals surface area contributed by atoms with Crippen molar-refractivity contribution in [1.82, 2.24) is 9.55 Å². The number of rotatable bonds is 3. The zero-order valence-electron chi connectivity index (χ0n) is 12.4. The van der Waals surface area contributed by atoms with Crippen molar-refractivity contribution in [3.63, 3.8) is 0 Å². The summed E-state index contributed by atoms with van der Waals surface area (Å²) in [7, 11) is 0. The van der Waals surface area contributed by atoms with Crippen molar-refractivity contribution in [3.8, 4) is 0 Å². The number of aryl methyl sites for hydroxylation is 1. The molecule has 1 N–H and O–H groups in total. The van der Waals surface area contributed by atoms with E-state index in [-0.39, 0.29) is 18.0 Å². The van der Waals surface area contributed by atoms with E-state index in [2.05, 4.69) is 10.3 Å². The molecule has 1 aromatic heterocycles. The van der Waals surface area contributed by atoms with Gasteiger partial charge in [0.1, 0.15) is 6.54 Å². The Morgan fingerprint density at radius 2 is 2.04 bits per heavy atom. The molecule has 5 nitrogen and oxygen atoms in total. The van der Waals surface area contributed by atoms with Crippen LogP contribution in [-0.4, -0.2) is 15.5 Å². The summed E-state index contributed by atoms with van der Waals surface area (Å²) in [4.78, 5) is 28.8. The minimum absolute atomic E-state index is 0.109. The van der Waals surface area contributed by atoms with Crippen LogP contribution in [0.5, 0.6) is 0 Å². The van der Waals surface area contributed by atoms with Crippen LogP contribution in [0, 0.1) is 6.92 Å². The fraction of sp³-hybridized carbons (Fsp3) is 0.118. The first-order valence-electron chi connectivity index (χ1n) is 7.05. The standard InChI is InChI=1S/C17H14ClN3O2/c1-11-4-2-3-5-14(11)20-16(22)9-21-10-19-15-7-6-12(18)8-13(15)17(21)23/h2-8,10H,9H2,1H3,(H,20,22). The second-order valence-electron chi connectivity index (χ2n) is 5.20. The lowest BCUT2D eigenvalue weighted by molar-refractivity contribution is -0.116. The summed E-state index contributed by atoms with van der Waals surface area (Å²) < 4.78 is 1.27. The zero-order valence-corrected chi connectivity index (χ0v) is 13.2.